The number of rotatable bonds is 4. The van der Waals surface area contributed by atoms with E-state index in [0.29, 0.717) is 0 Å². The number of methoxy groups -OCH3 is 1. The lowest BCUT2D eigenvalue weighted by molar-refractivity contribution is 0.113. The summed E-state index contributed by atoms with van der Waals surface area (Å²) < 4.78 is 11.8. The largest absolute Gasteiger partial charge is 0.374 e. The highest BCUT2D eigenvalue weighted by Gasteiger charge is 2.32. The minimum Gasteiger partial charge on any atom is -0.374 e. The molecule has 0 aromatic carbocycles. The Hall–Kier alpha value is -2.32. The number of hydrogen-bond acceptors (Lipinski definition) is 7. The van der Waals surface area contributed by atoms with E-state index < -0.39 is 0 Å². The van der Waals surface area contributed by atoms with Crippen LogP contribution < -0.4 is 4.90 Å². The minimum atomic E-state index is -0.0996. The average Bonchev–Trinajstić information content (AvgIpc) is 3.26. The number of anilines is 1. The molecule has 4 rings (SSSR count). The predicted octanol–water partition coefficient (Wildman–Crippen LogP) is 3.42. The highest BCUT2D eigenvalue weighted by molar-refractivity contribution is 7.09. The summed E-state index contributed by atoms with van der Waals surface area (Å²) in [5.41, 5.74) is 2.50. The Balaban J connectivity index is 1.69. The molecular formula is C19H24N6OS. The molecule has 0 aliphatic carbocycles. The molecule has 0 radical (unpaired) electrons. The summed E-state index contributed by atoms with van der Waals surface area (Å²) in [4.78, 5) is 11.5. The second-order valence-electron chi connectivity index (χ2n) is 7.73. The Bertz CT molecular complexity index is 919. The molecule has 0 saturated heterocycles. The molecule has 1 aliphatic heterocycles. The van der Waals surface area contributed by atoms with Crippen LogP contribution in [0.2, 0.25) is 0 Å². The lowest BCUT2D eigenvalue weighted by Gasteiger charge is -2.29. The van der Waals surface area contributed by atoms with Crippen molar-refractivity contribution in [1.82, 2.24) is 24.1 Å². The average molecular weight is 385 g/mol. The zero-order valence-corrected chi connectivity index (χ0v) is 16.9. The fourth-order valence-corrected chi connectivity index (χ4v) is 4.20. The first-order chi connectivity index (χ1) is 13.0. The van der Waals surface area contributed by atoms with Crippen molar-refractivity contribution in [3.8, 4) is 5.82 Å². The molecule has 1 atom stereocenters. The number of aromatic nitrogens is 5. The maximum Gasteiger partial charge on any atom is 0.205 e. The van der Waals surface area contributed by atoms with Gasteiger partial charge < -0.3 is 9.64 Å². The van der Waals surface area contributed by atoms with Crippen LogP contribution in [0.1, 0.15) is 44.0 Å². The summed E-state index contributed by atoms with van der Waals surface area (Å²) in [5, 5.41) is 5.56. The van der Waals surface area contributed by atoms with Crippen LogP contribution in [0.4, 0.5) is 5.13 Å². The second-order valence-corrected chi connectivity index (χ2v) is 8.46. The number of ether oxygens (including phenoxy) is 1. The van der Waals surface area contributed by atoms with Crippen LogP contribution in [0.5, 0.6) is 0 Å². The Morgan fingerprint density at radius 1 is 1.30 bits per heavy atom. The normalized spacial score (nSPS) is 17.4. The number of fused-ring (bicyclic) bond motifs is 1. The molecule has 4 heterocycles. The first-order valence-corrected chi connectivity index (χ1v) is 9.83. The van der Waals surface area contributed by atoms with Gasteiger partial charge in [0.05, 0.1) is 11.9 Å². The van der Waals surface area contributed by atoms with E-state index in [1.165, 1.54) is 22.8 Å². The van der Waals surface area contributed by atoms with Gasteiger partial charge in [-0.3, -0.25) is 0 Å². The lowest BCUT2D eigenvalue weighted by atomic mass is 9.87. The van der Waals surface area contributed by atoms with Gasteiger partial charge in [0.1, 0.15) is 6.10 Å². The third kappa shape index (κ3) is 3.59. The molecule has 3 aromatic heterocycles. The van der Waals surface area contributed by atoms with Crippen LogP contribution in [-0.2, 0) is 17.7 Å². The predicted molar refractivity (Wildman–Crippen MR) is 105 cm³/mol. The molecule has 0 bridgehead atoms. The van der Waals surface area contributed by atoms with Gasteiger partial charge in [0, 0.05) is 43.5 Å². The van der Waals surface area contributed by atoms with Crippen LogP contribution >= 0.6 is 11.5 Å². The summed E-state index contributed by atoms with van der Waals surface area (Å²) in [7, 11) is 1.68. The third-order valence-corrected chi connectivity index (χ3v) is 5.66. The van der Waals surface area contributed by atoms with Crippen molar-refractivity contribution in [2.45, 2.75) is 39.8 Å². The topological polar surface area (TPSA) is 69.0 Å². The van der Waals surface area contributed by atoms with E-state index in [0.717, 1.165) is 36.3 Å². The molecule has 0 amide bonds. The molecule has 0 saturated carbocycles. The van der Waals surface area contributed by atoms with Crippen molar-refractivity contribution in [3.05, 3.63) is 47.7 Å². The van der Waals surface area contributed by atoms with E-state index in [-0.39, 0.29) is 11.5 Å². The number of nitrogens with zero attached hydrogens (tertiary/aromatic N) is 6. The van der Waals surface area contributed by atoms with Crippen LogP contribution in [0.25, 0.3) is 5.82 Å². The summed E-state index contributed by atoms with van der Waals surface area (Å²) in [6.45, 7) is 8.20. The quantitative estimate of drug-likeness (QED) is 0.687. The van der Waals surface area contributed by atoms with Crippen LogP contribution in [0.3, 0.4) is 0 Å². The third-order valence-electron chi connectivity index (χ3n) is 4.87. The Kier molecular flexibility index (Phi) is 4.69. The van der Waals surface area contributed by atoms with E-state index in [1.54, 1.807) is 13.3 Å². The standard InChI is InChI=1S/C19H24N6OS/c1-13(26-4)17-22-18(27-23-17)24-11-14-10-21-25(16-7-5-6-8-20-16)15(14)9-19(2,3)12-24/h5-8,10,13H,9,11-12H2,1-4H3. The highest BCUT2D eigenvalue weighted by atomic mass is 32.1. The van der Waals surface area contributed by atoms with Crippen LogP contribution in [0, 0.1) is 5.41 Å². The molecule has 3 aromatic rings. The van der Waals surface area contributed by atoms with Gasteiger partial charge in [-0.1, -0.05) is 19.9 Å². The van der Waals surface area contributed by atoms with Gasteiger partial charge in [-0.2, -0.15) is 9.47 Å². The first kappa shape index (κ1) is 18.1. The highest BCUT2D eigenvalue weighted by Crippen LogP contribution is 2.34. The number of pyridine rings is 1. The molecule has 0 spiro atoms. The first-order valence-electron chi connectivity index (χ1n) is 9.05. The van der Waals surface area contributed by atoms with Crippen molar-refractivity contribution in [3.63, 3.8) is 0 Å². The molecule has 27 heavy (non-hydrogen) atoms. The smallest absolute Gasteiger partial charge is 0.205 e. The second kappa shape index (κ2) is 7.01. The lowest BCUT2D eigenvalue weighted by Crippen LogP contribution is -2.33. The molecule has 142 valence electrons. The summed E-state index contributed by atoms with van der Waals surface area (Å²) >= 11 is 1.43. The minimum absolute atomic E-state index is 0.0660. The van der Waals surface area contributed by atoms with Crippen molar-refractivity contribution < 1.29 is 4.74 Å². The van der Waals surface area contributed by atoms with Crippen molar-refractivity contribution in [2.24, 2.45) is 5.41 Å². The van der Waals surface area contributed by atoms with E-state index in [1.807, 2.05) is 36.0 Å². The fraction of sp³-hybridized carbons (Fsp3) is 0.474. The van der Waals surface area contributed by atoms with Gasteiger partial charge in [0.25, 0.3) is 0 Å². The van der Waals surface area contributed by atoms with Crippen molar-refractivity contribution in [1.29, 1.82) is 0 Å². The molecule has 0 N–H and O–H groups in total. The van der Waals surface area contributed by atoms with Gasteiger partial charge in [-0.15, -0.1) is 0 Å². The molecule has 1 unspecified atom stereocenters. The van der Waals surface area contributed by atoms with Gasteiger partial charge in [0.2, 0.25) is 5.13 Å². The van der Waals surface area contributed by atoms with Gasteiger partial charge in [-0.25, -0.2) is 14.6 Å². The Morgan fingerprint density at radius 2 is 2.15 bits per heavy atom. The van der Waals surface area contributed by atoms with E-state index in [2.05, 4.69) is 33.2 Å². The molecule has 8 heteroatoms. The molecular weight excluding hydrogens is 360 g/mol. The summed E-state index contributed by atoms with van der Waals surface area (Å²) in [5.74, 6) is 1.60. The van der Waals surface area contributed by atoms with E-state index >= 15 is 0 Å². The number of hydrogen-bond donors (Lipinski definition) is 0. The Labute approximate surface area is 163 Å². The zero-order chi connectivity index (χ0) is 19.0. The van der Waals surface area contributed by atoms with E-state index in [4.69, 9.17) is 9.72 Å². The van der Waals surface area contributed by atoms with Crippen molar-refractivity contribution >= 4 is 16.7 Å². The van der Waals surface area contributed by atoms with Crippen LogP contribution in [-0.4, -0.2) is 37.8 Å². The molecule has 1 aliphatic rings. The summed E-state index contributed by atoms with van der Waals surface area (Å²) in [6.07, 6.45) is 4.59. The van der Waals surface area contributed by atoms with Crippen molar-refractivity contribution in [2.75, 3.05) is 18.6 Å². The zero-order valence-electron chi connectivity index (χ0n) is 16.1. The SMILES string of the molecule is COC(C)c1nsc(N2Cc3cnn(-c4ccccn4)c3CC(C)(C)C2)n1. The fourth-order valence-electron chi connectivity index (χ4n) is 3.45. The monoisotopic (exact) mass is 384 g/mol. The van der Waals surface area contributed by atoms with Gasteiger partial charge in [-0.05, 0) is 30.9 Å². The van der Waals surface area contributed by atoms with Crippen LogP contribution in [0.15, 0.2) is 30.6 Å². The van der Waals surface area contributed by atoms with Gasteiger partial charge >= 0.3 is 0 Å². The Morgan fingerprint density at radius 3 is 2.89 bits per heavy atom. The molecule has 0 fully saturated rings. The molecule has 7 nitrogen and oxygen atoms in total. The maximum atomic E-state index is 5.35. The van der Waals surface area contributed by atoms with E-state index in [9.17, 15) is 0 Å². The summed E-state index contributed by atoms with van der Waals surface area (Å²) in [6, 6.07) is 5.90. The van der Waals surface area contributed by atoms with Gasteiger partial charge in [0.15, 0.2) is 11.6 Å². The maximum absolute atomic E-state index is 5.35.